The number of aryl methyl sites for hydroxylation is 2. The second-order valence-corrected chi connectivity index (χ2v) is 5.84. The molecule has 0 heterocycles. The third-order valence-corrected chi connectivity index (χ3v) is 3.63. The maximum Gasteiger partial charge on any atom is 0.262 e. The normalized spacial score (nSPS) is 10.2. The Balaban J connectivity index is 1.90. The minimum atomic E-state index is -0.162. The molecular weight excluding hydrogens is 365 g/mol. The summed E-state index contributed by atoms with van der Waals surface area (Å²) in [6.07, 6.45) is 0. The van der Waals surface area contributed by atoms with E-state index < -0.39 is 0 Å². The van der Waals surface area contributed by atoms with Crippen LogP contribution in [0.3, 0.4) is 0 Å². The maximum absolute atomic E-state index is 11.8. The van der Waals surface area contributed by atoms with E-state index in [-0.39, 0.29) is 12.5 Å². The van der Waals surface area contributed by atoms with E-state index in [1.54, 1.807) is 0 Å². The number of carbonyl (C=O) groups is 1. The molecule has 4 heteroatoms. The molecule has 0 radical (unpaired) electrons. The number of carbonyl (C=O) groups excluding carboxylic acids is 1. The van der Waals surface area contributed by atoms with Crippen LogP contribution in [0.2, 0.25) is 0 Å². The fourth-order valence-electron chi connectivity index (χ4n) is 1.72. The highest BCUT2D eigenvalue weighted by Crippen LogP contribution is 2.16. The van der Waals surface area contributed by atoms with Gasteiger partial charge in [0.15, 0.2) is 6.61 Å². The van der Waals surface area contributed by atoms with Crippen LogP contribution >= 0.6 is 22.6 Å². The van der Waals surface area contributed by atoms with E-state index in [1.165, 1.54) is 5.56 Å². The lowest BCUT2D eigenvalue weighted by Crippen LogP contribution is -2.20. The van der Waals surface area contributed by atoms with Crippen LogP contribution in [0, 0.1) is 17.4 Å². The Morgan fingerprint density at radius 3 is 2.65 bits per heavy atom. The minimum absolute atomic E-state index is 0.00791. The number of rotatable bonds is 4. The van der Waals surface area contributed by atoms with Gasteiger partial charge < -0.3 is 10.1 Å². The van der Waals surface area contributed by atoms with E-state index in [0.29, 0.717) is 5.75 Å². The van der Waals surface area contributed by atoms with E-state index in [9.17, 15) is 4.79 Å². The van der Waals surface area contributed by atoms with Gasteiger partial charge in [0.25, 0.3) is 5.91 Å². The van der Waals surface area contributed by atoms with Crippen LogP contribution in [0.25, 0.3) is 0 Å². The number of benzene rings is 2. The van der Waals surface area contributed by atoms with Gasteiger partial charge in [-0.05, 0) is 77.9 Å². The summed E-state index contributed by atoms with van der Waals surface area (Å²) < 4.78 is 6.57. The Hall–Kier alpha value is -1.56. The zero-order chi connectivity index (χ0) is 14.5. The molecule has 0 bridgehead atoms. The molecule has 20 heavy (non-hydrogen) atoms. The van der Waals surface area contributed by atoms with Gasteiger partial charge >= 0.3 is 0 Å². The Morgan fingerprint density at radius 1 is 1.15 bits per heavy atom. The van der Waals surface area contributed by atoms with Crippen LogP contribution < -0.4 is 10.1 Å². The summed E-state index contributed by atoms with van der Waals surface area (Å²) in [4.78, 5) is 11.8. The molecule has 3 nitrogen and oxygen atoms in total. The molecule has 0 aliphatic rings. The number of nitrogens with one attached hydrogen (secondary N) is 1. The molecule has 0 spiro atoms. The van der Waals surface area contributed by atoms with Crippen molar-refractivity contribution < 1.29 is 9.53 Å². The fourth-order valence-corrected chi connectivity index (χ4v) is 2.26. The molecule has 0 aliphatic carbocycles. The third kappa shape index (κ3) is 4.23. The molecule has 2 aromatic carbocycles. The van der Waals surface area contributed by atoms with E-state index in [4.69, 9.17) is 4.74 Å². The van der Waals surface area contributed by atoms with E-state index in [0.717, 1.165) is 14.8 Å². The molecule has 2 rings (SSSR count). The second kappa shape index (κ2) is 6.74. The molecule has 0 fully saturated rings. The number of hydrogen-bond donors (Lipinski definition) is 1. The Morgan fingerprint density at radius 2 is 1.95 bits per heavy atom. The van der Waals surface area contributed by atoms with Crippen LogP contribution in [-0.2, 0) is 4.79 Å². The molecule has 2 aromatic rings. The number of ether oxygens (including phenoxy) is 1. The smallest absolute Gasteiger partial charge is 0.262 e. The van der Waals surface area contributed by atoms with Crippen molar-refractivity contribution >= 4 is 34.2 Å². The SMILES string of the molecule is Cc1ccc(OCC(=O)Nc2cccc(I)c2)cc1C. The van der Waals surface area contributed by atoms with Crippen molar-refractivity contribution in [1.82, 2.24) is 0 Å². The standard InChI is InChI=1S/C16H16INO2/c1-11-6-7-15(8-12(11)2)20-10-16(19)18-14-5-3-4-13(17)9-14/h3-9H,10H2,1-2H3,(H,18,19). The van der Waals surface area contributed by atoms with Gasteiger partial charge in [-0.1, -0.05) is 12.1 Å². The Kier molecular flexibility index (Phi) is 5.00. The Labute approximate surface area is 132 Å². The van der Waals surface area contributed by atoms with Crippen LogP contribution in [-0.4, -0.2) is 12.5 Å². The summed E-state index contributed by atoms with van der Waals surface area (Å²) >= 11 is 2.21. The summed E-state index contributed by atoms with van der Waals surface area (Å²) in [5.74, 6) is 0.552. The first kappa shape index (κ1) is 14.8. The van der Waals surface area contributed by atoms with Crippen LogP contribution in [0.4, 0.5) is 5.69 Å². The molecule has 0 saturated heterocycles. The number of amides is 1. The summed E-state index contributed by atoms with van der Waals surface area (Å²) in [5, 5.41) is 2.81. The van der Waals surface area contributed by atoms with E-state index >= 15 is 0 Å². The van der Waals surface area contributed by atoms with Crippen molar-refractivity contribution in [3.8, 4) is 5.75 Å². The highest BCUT2D eigenvalue weighted by atomic mass is 127. The first-order valence-corrected chi connectivity index (χ1v) is 7.38. The number of anilines is 1. The van der Waals surface area contributed by atoms with Crippen molar-refractivity contribution in [2.75, 3.05) is 11.9 Å². The lowest BCUT2D eigenvalue weighted by atomic mass is 10.1. The summed E-state index contributed by atoms with van der Waals surface area (Å²) in [7, 11) is 0. The number of hydrogen-bond acceptors (Lipinski definition) is 2. The minimum Gasteiger partial charge on any atom is -0.484 e. The largest absolute Gasteiger partial charge is 0.484 e. The van der Waals surface area contributed by atoms with Gasteiger partial charge in [-0.25, -0.2) is 0 Å². The quantitative estimate of drug-likeness (QED) is 0.816. The summed E-state index contributed by atoms with van der Waals surface area (Å²) in [5.41, 5.74) is 3.15. The average molecular weight is 381 g/mol. The average Bonchev–Trinajstić information content (AvgIpc) is 2.40. The Bertz CT molecular complexity index is 626. The van der Waals surface area contributed by atoms with E-state index in [2.05, 4.69) is 27.9 Å². The molecule has 0 aromatic heterocycles. The van der Waals surface area contributed by atoms with Crippen LogP contribution in [0.15, 0.2) is 42.5 Å². The highest BCUT2D eigenvalue weighted by Gasteiger charge is 2.04. The monoisotopic (exact) mass is 381 g/mol. The maximum atomic E-state index is 11.8. The lowest BCUT2D eigenvalue weighted by Gasteiger charge is -2.09. The molecule has 0 aliphatic heterocycles. The van der Waals surface area contributed by atoms with Gasteiger partial charge in [0.2, 0.25) is 0 Å². The first-order chi connectivity index (χ1) is 9.54. The molecule has 1 amide bonds. The lowest BCUT2D eigenvalue weighted by molar-refractivity contribution is -0.118. The summed E-state index contributed by atoms with van der Waals surface area (Å²) in [6.45, 7) is 4.07. The van der Waals surface area contributed by atoms with Crippen molar-refractivity contribution in [3.05, 3.63) is 57.2 Å². The zero-order valence-corrected chi connectivity index (χ0v) is 13.6. The predicted molar refractivity (Wildman–Crippen MR) is 89.2 cm³/mol. The third-order valence-electron chi connectivity index (χ3n) is 2.96. The molecular formula is C16H16INO2. The van der Waals surface area contributed by atoms with Crippen molar-refractivity contribution in [2.45, 2.75) is 13.8 Å². The van der Waals surface area contributed by atoms with Crippen molar-refractivity contribution in [3.63, 3.8) is 0 Å². The second-order valence-electron chi connectivity index (χ2n) is 4.59. The van der Waals surface area contributed by atoms with Crippen LogP contribution in [0.5, 0.6) is 5.75 Å². The van der Waals surface area contributed by atoms with Gasteiger partial charge in [0, 0.05) is 9.26 Å². The zero-order valence-electron chi connectivity index (χ0n) is 11.4. The van der Waals surface area contributed by atoms with Gasteiger partial charge in [0.05, 0.1) is 0 Å². The molecule has 104 valence electrons. The predicted octanol–water partition coefficient (Wildman–Crippen LogP) is 3.93. The van der Waals surface area contributed by atoms with E-state index in [1.807, 2.05) is 56.3 Å². The highest BCUT2D eigenvalue weighted by molar-refractivity contribution is 14.1. The van der Waals surface area contributed by atoms with Gasteiger partial charge in [-0.2, -0.15) is 0 Å². The van der Waals surface area contributed by atoms with Gasteiger partial charge in [-0.3, -0.25) is 4.79 Å². The van der Waals surface area contributed by atoms with Crippen LogP contribution in [0.1, 0.15) is 11.1 Å². The molecule has 1 N–H and O–H groups in total. The first-order valence-electron chi connectivity index (χ1n) is 6.30. The molecule has 0 atom stereocenters. The fraction of sp³-hybridized carbons (Fsp3) is 0.188. The molecule has 0 saturated carbocycles. The molecule has 0 unspecified atom stereocenters. The van der Waals surface area contributed by atoms with Gasteiger partial charge in [-0.15, -0.1) is 0 Å². The topological polar surface area (TPSA) is 38.3 Å². The summed E-state index contributed by atoms with van der Waals surface area (Å²) in [6, 6.07) is 13.4. The number of halogens is 1. The van der Waals surface area contributed by atoms with Gasteiger partial charge in [0.1, 0.15) is 5.75 Å². The van der Waals surface area contributed by atoms with Crippen molar-refractivity contribution in [2.24, 2.45) is 0 Å². The van der Waals surface area contributed by atoms with Crippen molar-refractivity contribution in [1.29, 1.82) is 0 Å².